The first kappa shape index (κ1) is 14.4. The number of hydrogen-bond acceptors (Lipinski definition) is 2. The van der Waals surface area contributed by atoms with Crippen LogP contribution in [0.4, 0.5) is 0 Å². The summed E-state index contributed by atoms with van der Waals surface area (Å²) in [6.07, 6.45) is 2.92. The van der Waals surface area contributed by atoms with Crippen LogP contribution in [0.15, 0.2) is 30.5 Å². The van der Waals surface area contributed by atoms with Gasteiger partial charge in [-0.15, -0.1) is 0 Å². The fraction of sp³-hybridized carbons (Fsp3) is 0.357. The number of benzene rings is 1. The van der Waals surface area contributed by atoms with Gasteiger partial charge in [-0.3, -0.25) is 4.68 Å². The SMILES string of the molecule is CCC(NCc1ccn(C)n1)c1ccc(Cl)c(Cl)c1. The Hall–Kier alpha value is -1.03. The molecule has 1 aromatic heterocycles. The second kappa shape index (κ2) is 6.42. The minimum Gasteiger partial charge on any atom is -0.304 e. The number of nitrogens with one attached hydrogen (secondary N) is 1. The van der Waals surface area contributed by atoms with Crippen LogP contribution in [-0.2, 0) is 13.6 Å². The van der Waals surface area contributed by atoms with Gasteiger partial charge in [0.15, 0.2) is 0 Å². The fourth-order valence-electron chi connectivity index (χ4n) is 2.01. The summed E-state index contributed by atoms with van der Waals surface area (Å²) in [6, 6.07) is 8.02. The third kappa shape index (κ3) is 3.72. The van der Waals surface area contributed by atoms with Gasteiger partial charge in [0, 0.05) is 25.8 Å². The Kier molecular flexibility index (Phi) is 4.86. The van der Waals surface area contributed by atoms with Crippen molar-refractivity contribution < 1.29 is 0 Å². The first-order valence-corrected chi connectivity index (χ1v) is 7.02. The van der Waals surface area contributed by atoms with Crippen LogP contribution in [0.3, 0.4) is 0 Å². The van der Waals surface area contributed by atoms with E-state index in [9.17, 15) is 0 Å². The minimum atomic E-state index is 0.247. The van der Waals surface area contributed by atoms with Crippen LogP contribution < -0.4 is 5.32 Å². The zero-order chi connectivity index (χ0) is 13.8. The molecule has 0 aliphatic heterocycles. The van der Waals surface area contributed by atoms with Gasteiger partial charge in [-0.25, -0.2) is 0 Å². The normalized spacial score (nSPS) is 12.6. The van der Waals surface area contributed by atoms with Crippen molar-refractivity contribution in [1.82, 2.24) is 15.1 Å². The first-order valence-electron chi connectivity index (χ1n) is 6.27. The Balaban J connectivity index is 2.05. The van der Waals surface area contributed by atoms with Gasteiger partial charge < -0.3 is 5.32 Å². The van der Waals surface area contributed by atoms with E-state index in [0.29, 0.717) is 10.0 Å². The van der Waals surface area contributed by atoms with E-state index in [4.69, 9.17) is 23.2 Å². The van der Waals surface area contributed by atoms with E-state index in [0.717, 1.165) is 24.2 Å². The summed E-state index contributed by atoms with van der Waals surface area (Å²) >= 11 is 12.0. The predicted octanol–water partition coefficient (Wildman–Crippen LogP) is 3.97. The molecule has 1 atom stereocenters. The molecule has 1 aromatic carbocycles. The van der Waals surface area contributed by atoms with Gasteiger partial charge in [0.05, 0.1) is 15.7 Å². The summed E-state index contributed by atoms with van der Waals surface area (Å²) in [5.74, 6) is 0. The Morgan fingerprint density at radius 1 is 1.26 bits per heavy atom. The smallest absolute Gasteiger partial charge is 0.0762 e. The van der Waals surface area contributed by atoms with Gasteiger partial charge in [-0.2, -0.15) is 5.10 Å². The lowest BCUT2D eigenvalue weighted by Gasteiger charge is -2.17. The molecule has 0 aliphatic carbocycles. The maximum absolute atomic E-state index is 6.06. The molecule has 0 aliphatic rings. The molecular formula is C14H17Cl2N3. The number of nitrogens with zero attached hydrogens (tertiary/aromatic N) is 2. The van der Waals surface area contributed by atoms with Gasteiger partial charge in [0.25, 0.3) is 0 Å². The molecule has 0 amide bonds. The highest BCUT2D eigenvalue weighted by Crippen LogP contribution is 2.26. The highest BCUT2D eigenvalue weighted by molar-refractivity contribution is 6.42. The van der Waals surface area contributed by atoms with E-state index in [1.807, 2.05) is 37.5 Å². The Bertz CT molecular complexity index is 551. The van der Waals surface area contributed by atoms with Crippen LogP contribution in [0, 0.1) is 0 Å². The lowest BCUT2D eigenvalue weighted by molar-refractivity contribution is 0.511. The van der Waals surface area contributed by atoms with Crippen LogP contribution in [-0.4, -0.2) is 9.78 Å². The minimum absolute atomic E-state index is 0.247. The van der Waals surface area contributed by atoms with Gasteiger partial charge in [0.2, 0.25) is 0 Å². The Morgan fingerprint density at radius 3 is 2.63 bits per heavy atom. The number of rotatable bonds is 5. The molecule has 0 fully saturated rings. The standard InChI is InChI=1S/C14H17Cl2N3/c1-3-14(10-4-5-12(15)13(16)8-10)17-9-11-6-7-19(2)18-11/h4-8,14,17H,3,9H2,1-2H3. The second-order valence-electron chi connectivity index (χ2n) is 4.50. The Morgan fingerprint density at radius 2 is 2.05 bits per heavy atom. The largest absolute Gasteiger partial charge is 0.304 e. The van der Waals surface area contributed by atoms with Crippen molar-refractivity contribution in [3.05, 3.63) is 51.8 Å². The van der Waals surface area contributed by atoms with Crippen molar-refractivity contribution in [3.8, 4) is 0 Å². The Labute approximate surface area is 123 Å². The first-order chi connectivity index (χ1) is 9.10. The summed E-state index contributed by atoms with van der Waals surface area (Å²) in [5, 5.41) is 9.02. The van der Waals surface area contributed by atoms with Crippen molar-refractivity contribution >= 4 is 23.2 Å². The molecule has 1 heterocycles. The van der Waals surface area contributed by atoms with E-state index < -0.39 is 0 Å². The van der Waals surface area contributed by atoms with E-state index in [-0.39, 0.29) is 6.04 Å². The molecule has 0 bridgehead atoms. The van der Waals surface area contributed by atoms with Crippen molar-refractivity contribution in [2.45, 2.75) is 25.9 Å². The molecule has 0 saturated heterocycles. The van der Waals surface area contributed by atoms with Gasteiger partial charge in [0.1, 0.15) is 0 Å². The number of aromatic nitrogens is 2. The molecule has 102 valence electrons. The predicted molar refractivity (Wildman–Crippen MR) is 79.5 cm³/mol. The van der Waals surface area contributed by atoms with E-state index >= 15 is 0 Å². The van der Waals surface area contributed by atoms with Gasteiger partial charge in [-0.1, -0.05) is 36.2 Å². The lowest BCUT2D eigenvalue weighted by Crippen LogP contribution is -2.20. The van der Waals surface area contributed by atoms with Crippen molar-refractivity contribution in [2.24, 2.45) is 7.05 Å². The maximum atomic E-state index is 6.06. The number of hydrogen-bond donors (Lipinski definition) is 1. The average molecular weight is 298 g/mol. The molecule has 2 aromatic rings. The van der Waals surface area contributed by atoms with Crippen LogP contribution in [0.1, 0.15) is 30.6 Å². The molecule has 19 heavy (non-hydrogen) atoms. The zero-order valence-corrected chi connectivity index (χ0v) is 12.5. The molecule has 2 rings (SSSR count). The molecule has 1 unspecified atom stereocenters. The van der Waals surface area contributed by atoms with Crippen LogP contribution >= 0.6 is 23.2 Å². The topological polar surface area (TPSA) is 29.9 Å². The molecule has 3 nitrogen and oxygen atoms in total. The van der Waals surface area contributed by atoms with Crippen LogP contribution in [0.5, 0.6) is 0 Å². The van der Waals surface area contributed by atoms with Crippen LogP contribution in [0.2, 0.25) is 10.0 Å². The molecule has 0 radical (unpaired) electrons. The van der Waals surface area contributed by atoms with Crippen molar-refractivity contribution in [1.29, 1.82) is 0 Å². The van der Waals surface area contributed by atoms with Crippen molar-refractivity contribution in [3.63, 3.8) is 0 Å². The summed E-state index contributed by atoms with van der Waals surface area (Å²) in [7, 11) is 1.92. The maximum Gasteiger partial charge on any atom is 0.0762 e. The second-order valence-corrected chi connectivity index (χ2v) is 5.31. The average Bonchev–Trinajstić information content (AvgIpc) is 2.80. The van der Waals surface area contributed by atoms with Crippen molar-refractivity contribution in [2.75, 3.05) is 0 Å². The van der Waals surface area contributed by atoms with E-state index in [2.05, 4.69) is 17.3 Å². The third-order valence-electron chi connectivity index (χ3n) is 3.05. The molecule has 0 spiro atoms. The third-order valence-corrected chi connectivity index (χ3v) is 3.79. The molecule has 0 saturated carbocycles. The van der Waals surface area contributed by atoms with Gasteiger partial charge in [-0.05, 0) is 30.2 Å². The number of aryl methyl sites for hydroxylation is 1. The van der Waals surface area contributed by atoms with Gasteiger partial charge >= 0.3 is 0 Å². The number of halogens is 2. The summed E-state index contributed by atoms with van der Waals surface area (Å²) < 4.78 is 1.80. The summed E-state index contributed by atoms with van der Waals surface area (Å²) in [6.45, 7) is 2.87. The lowest BCUT2D eigenvalue weighted by atomic mass is 10.0. The highest BCUT2D eigenvalue weighted by Gasteiger charge is 2.11. The fourth-order valence-corrected chi connectivity index (χ4v) is 2.32. The summed E-state index contributed by atoms with van der Waals surface area (Å²) in [4.78, 5) is 0. The highest BCUT2D eigenvalue weighted by atomic mass is 35.5. The molecule has 1 N–H and O–H groups in total. The monoisotopic (exact) mass is 297 g/mol. The van der Waals surface area contributed by atoms with E-state index in [1.54, 1.807) is 4.68 Å². The van der Waals surface area contributed by atoms with Crippen LogP contribution in [0.25, 0.3) is 0 Å². The molecule has 5 heteroatoms. The van der Waals surface area contributed by atoms with E-state index in [1.165, 1.54) is 0 Å². The molecular weight excluding hydrogens is 281 g/mol. The quantitative estimate of drug-likeness (QED) is 0.905. The summed E-state index contributed by atoms with van der Waals surface area (Å²) in [5.41, 5.74) is 2.17. The zero-order valence-electron chi connectivity index (χ0n) is 11.0.